The van der Waals surface area contributed by atoms with Crippen LogP contribution < -0.4 is 5.32 Å². The number of nitrogens with zero attached hydrogens (tertiary/aromatic N) is 1. The lowest BCUT2D eigenvalue weighted by Crippen LogP contribution is -2.03. The summed E-state index contributed by atoms with van der Waals surface area (Å²) in [7, 11) is -3.23. The molecule has 2 rings (SSSR count). The van der Waals surface area contributed by atoms with Crippen molar-refractivity contribution in [2.75, 3.05) is 11.6 Å². The summed E-state index contributed by atoms with van der Waals surface area (Å²) >= 11 is 0. The molecule has 0 unspecified atom stereocenters. The fourth-order valence-corrected chi connectivity index (χ4v) is 2.45. The SMILES string of the molecule is CS(=O)(=O)c1ccc(NCc2cccc(C#N)c2F)cc1. The van der Waals surface area contributed by atoms with E-state index >= 15 is 0 Å². The van der Waals surface area contributed by atoms with Crippen LogP contribution in [0.1, 0.15) is 11.1 Å². The number of anilines is 1. The highest BCUT2D eigenvalue weighted by Crippen LogP contribution is 2.17. The van der Waals surface area contributed by atoms with Crippen LogP contribution >= 0.6 is 0 Å². The lowest BCUT2D eigenvalue weighted by molar-refractivity contribution is 0.602. The van der Waals surface area contributed by atoms with Gasteiger partial charge in [-0.05, 0) is 30.3 Å². The molecule has 0 atom stereocenters. The maximum absolute atomic E-state index is 13.9. The van der Waals surface area contributed by atoms with Gasteiger partial charge in [-0.3, -0.25) is 0 Å². The zero-order chi connectivity index (χ0) is 15.5. The van der Waals surface area contributed by atoms with Crippen LogP contribution in [0, 0.1) is 17.1 Å². The highest BCUT2D eigenvalue weighted by molar-refractivity contribution is 7.90. The smallest absolute Gasteiger partial charge is 0.175 e. The monoisotopic (exact) mass is 304 g/mol. The van der Waals surface area contributed by atoms with E-state index in [4.69, 9.17) is 5.26 Å². The first kappa shape index (κ1) is 15.0. The maximum atomic E-state index is 13.9. The van der Waals surface area contributed by atoms with Gasteiger partial charge in [-0.15, -0.1) is 0 Å². The average Bonchev–Trinajstić information content (AvgIpc) is 2.46. The molecule has 0 saturated carbocycles. The summed E-state index contributed by atoms with van der Waals surface area (Å²) in [5.41, 5.74) is 1.05. The second-order valence-corrected chi connectivity index (χ2v) is 6.56. The van der Waals surface area contributed by atoms with Crippen LogP contribution in [0.2, 0.25) is 0 Å². The van der Waals surface area contributed by atoms with Crippen LogP contribution in [0.5, 0.6) is 0 Å². The summed E-state index contributed by atoms with van der Waals surface area (Å²) < 4.78 is 36.5. The Balaban J connectivity index is 2.13. The third-order valence-corrected chi connectivity index (χ3v) is 4.09. The van der Waals surface area contributed by atoms with Crippen molar-refractivity contribution in [3.8, 4) is 6.07 Å². The molecule has 0 heterocycles. The van der Waals surface area contributed by atoms with Crippen LogP contribution in [0.25, 0.3) is 0 Å². The van der Waals surface area contributed by atoms with E-state index in [1.165, 1.54) is 18.2 Å². The number of hydrogen-bond acceptors (Lipinski definition) is 4. The number of halogens is 1. The van der Waals surface area contributed by atoms with Gasteiger partial charge in [-0.1, -0.05) is 12.1 Å². The van der Waals surface area contributed by atoms with Gasteiger partial charge >= 0.3 is 0 Å². The number of nitriles is 1. The van der Waals surface area contributed by atoms with Crippen molar-refractivity contribution in [3.63, 3.8) is 0 Å². The Labute approximate surface area is 122 Å². The second-order valence-electron chi connectivity index (χ2n) is 4.54. The van der Waals surface area contributed by atoms with Gasteiger partial charge in [0, 0.05) is 24.1 Å². The van der Waals surface area contributed by atoms with E-state index < -0.39 is 15.7 Å². The Morgan fingerprint density at radius 2 is 1.86 bits per heavy atom. The van der Waals surface area contributed by atoms with Crippen LogP contribution in [0.4, 0.5) is 10.1 Å². The average molecular weight is 304 g/mol. The van der Waals surface area contributed by atoms with Gasteiger partial charge in [-0.2, -0.15) is 5.26 Å². The van der Waals surface area contributed by atoms with Crippen molar-refractivity contribution in [2.45, 2.75) is 11.4 Å². The number of rotatable bonds is 4. The fourth-order valence-electron chi connectivity index (χ4n) is 1.82. The fraction of sp³-hybridized carbons (Fsp3) is 0.133. The molecule has 2 aromatic rings. The van der Waals surface area contributed by atoms with Gasteiger partial charge in [0.25, 0.3) is 0 Å². The molecule has 0 aliphatic heterocycles. The number of benzene rings is 2. The standard InChI is InChI=1S/C15H13FN2O2S/c1-21(19,20)14-7-5-13(6-8-14)18-10-12-4-2-3-11(9-17)15(12)16/h2-8,18H,10H2,1H3. The molecule has 0 amide bonds. The van der Waals surface area contributed by atoms with Crippen LogP contribution in [0.3, 0.4) is 0 Å². The molecule has 0 radical (unpaired) electrons. The van der Waals surface area contributed by atoms with Gasteiger partial charge in [-0.25, -0.2) is 12.8 Å². The van der Waals surface area contributed by atoms with E-state index in [1.54, 1.807) is 30.3 Å². The van der Waals surface area contributed by atoms with Crippen molar-refractivity contribution in [2.24, 2.45) is 0 Å². The quantitative estimate of drug-likeness (QED) is 0.943. The minimum absolute atomic E-state index is 0.00160. The zero-order valence-corrected chi connectivity index (χ0v) is 12.1. The van der Waals surface area contributed by atoms with Gasteiger partial charge in [0.15, 0.2) is 9.84 Å². The molecule has 0 spiro atoms. The second kappa shape index (κ2) is 5.94. The largest absolute Gasteiger partial charge is 0.381 e. The molecular formula is C15H13FN2O2S. The van der Waals surface area contributed by atoms with E-state index in [0.717, 1.165) is 6.26 Å². The van der Waals surface area contributed by atoms with Crippen LogP contribution in [-0.4, -0.2) is 14.7 Å². The third kappa shape index (κ3) is 3.58. The van der Waals surface area contributed by atoms with Crippen molar-refractivity contribution in [1.82, 2.24) is 0 Å². The van der Waals surface area contributed by atoms with E-state index in [9.17, 15) is 12.8 Å². The topological polar surface area (TPSA) is 70.0 Å². The minimum atomic E-state index is -3.23. The van der Waals surface area contributed by atoms with Crippen molar-refractivity contribution < 1.29 is 12.8 Å². The predicted octanol–water partition coefficient (Wildman–Crippen LogP) is 2.71. The van der Waals surface area contributed by atoms with Crippen LogP contribution in [-0.2, 0) is 16.4 Å². The van der Waals surface area contributed by atoms with Gasteiger partial charge in [0.05, 0.1) is 10.5 Å². The number of hydrogen-bond donors (Lipinski definition) is 1. The Bertz CT molecular complexity index is 793. The number of sulfone groups is 1. The summed E-state index contributed by atoms with van der Waals surface area (Å²) in [6.07, 6.45) is 1.14. The minimum Gasteiger partial charge on any atom is -0.381 e. The summed E-state index contributed by atoms with van der Waals surface area (Å²) in [5, 5.41) is 11.8. The first-order chi connectivity index (χ1) is 9.91. The molecule has 0 aromatic heterocycles. The molecule has 108 valence electrons. The van der Waals surface area contributed by atoms with E-state index in [-0.39, 0.29) is 17.0 Å². The molecule has 0 fully saturated rings. The summed E-state index contributed by atoms with van der Waals surface area (Å²) in [6, 6.07) is 12.6. The Morgan fingerprint density at radius 1 is 1.19 bits per heavy atom. The van der Waals surface area contributed by atoms with Crippen molar-refractivity contribution in [1.29, 1.82) is 5.26 Å². The highest BCUT2D eigenvalue weighted by atomic mass is 32.2. The van der Waals surface area contributed by atoms with Gasteiger partial charge in [0.2, 0.25) is 0 Å². The van der Waals surface area contributed by atoms with E-state index in [1.807, 2.05) is 0 Å². The molecule has 21 heavy (non-hydrogen) atoms. The lowest BCUT2D eigenvalue weighted by atomic mass is 10.1. The molecule has 0 aliphatic rings. The van der Waals surface area contributed by atoms with Crippen LogP contribution in [0.15, 0.2) is 47.4 Å². The first-order valence-electron chi connectivity index (χ1n) is 6.13. The lowest BCUT2D eigenvalue weighted by Gasteiger charge is -2.08. The van der Waals surface area contributed by atoms with Gasteiger partial charge < -0.3 is 5.32 Å². The Kier molecular flexibility index (Phi) is 4.24. The summed E-state index contributed by atoms with van der Waals surface area (Å²) in [4.78, 5) is 0.228. The number of nitrogens with one attached hydrogen (secondary N) is 1. The third-order valence-electron chi connectivity index (χ3n) is 2.96. The normalized spacial score (nSPS) is 10.9. The van der Waals surface area contributed by atoms with Crippen molar-refractivity contribution >= 4 is 15.5 Å². The summed E-state index contributed by atoms with van der Waals surface area (Å²) in [5.74, 6) is -0.541. The van der Waals surface area contributed by atoms with Crippen molar-refractivity contribution in [3.05, 3.63) is 59.4 Å². The summed E-state index contributed by atoms with van der Waals surface area (Å²) in [6.45, 7) is 0.208. The molecule has 0 saturated heterocycles. The van der Waals surface area contributed by atoms with Gasteiger partial charge in [0.1, 0.15) is 11.9 Å². The molecule has 4 nitrogen and oxygen atoms in total. The predicted molar refractivity (Wildman–Crippen MR) is 78.0 cm³/mol. The Morgan fingerprint density at radius 3 is 2.43 bits per heavy atom. The molecule has 1 N–H and O–H groups in total. The molecule has 0 aliphatic carbocycles. The Hall–Kier alpha value is -2.39. The van der Waals surface area contributed by atoms with E-state index in [2.05, 4.69) is 5.32 Å². The molecule has 6 heteroatoms. The maximum Gasteiger partial charge on any atom is 0.175 e. The molecule has 2 aromatic carbocycles. The molecule has 0 bridgehead atoms. The first-order valence-corrected chi connectivity index (χ1v) is 8.02. The zero-order valence-electron chi connectivity index (χ0n) is 11.3. The van der Waals surface area contributed by atoms with E-state index in [0.29, 0.717) is 11.3 Å². The highest BCUT2D eigenvalue weighted by Gasteiger charge is 2.08. The molecular weight excluding hydrogens is 291 g/mol.